The second kappa shape index (κ2) is 9.41. The van der Waals surface area contributed by atoms with Crippen molar-refractivity contribution in [3.63, 3.8) is 0 Å². The second-order valence-corrected chi connectivity index (χ2v) is 7.87. The number of anilines is 1. The van der Waals surface area contributed by atoms with E-state index in [4.69, 9.17) is 21.1 Å². The molecule has 3 aromatic carbocycles. The van der Waals surface area contributed by atoms with Crippen LogP contribution in [0.15, 0.2) is 66.7 Å². The molecule has 0 aliphatic carbocycles. The lowest BCUT2D eigenvalue weighted by atomic mass is 9.87. The molecular formula is C25H25ClN2O3. The third-order valence-electron chi connectivity index (χ3n) is 5.58. The lowest BCUT2D eigenvalue weighted by molar-refractivity contribution is -0.117. The first-order valence-electron chi connectivity index (χ1n) is 10.2. The fourth-order valence-electron chi connectivity index (χ4n) is 4.13. The summed E-state index contributed by atoms with van der Waals surface area (Å²) < 4.78 is 11.1. The van der Waals surface area contributed by atoms with Crippen molar-refractivity contribution in [1.82, 2.24) is 4.90 Å². The summed E-state index contributed by atoms with van der Waals surface area (Å²) in [5.41, 5.74) is 4.07. The van der Waals surface area contributed by atoms with Crippen molar-refractivity contribution in [2.75, 3.05) is 32.6 Å². The highest BCUT2D eigenvalue weighted by molar-refractivity contribution is 6.33. The minimum Gasteiger partial charge on any atom is -0.493 e. The Labute approximate surface area is 187 Å². The van der Waals surface area contributed by atoms with Crippen molar-refractivity contribution in [3.05, 3.63) is 88.4 Å². The monoisotopic (exact) mass is 436 g/mol. The molecule has 0 saturated carbocycles. The van der Waals surface area contributed by atoms with Gasteiger partial charge >= 0.3 is 0 Å². The fourth-order valence-corrected chi connectivity index (χ4v) is 4.31. The summed E-state index contributed by atoms with van der Waals surface area (Å²) in [6.07, 6.45) is 0.818. The van der Waals surface area contributed by atoms with Crippen LogP contribution >= 0.6 is 11.6 Å². The van der Waals surface area contributed by atoms with Crippen molar-refractivity contribution in [2.24, 2.45) is 0 Å². The van der Waals surface area contributed by atoms with Crippen LogP contribution in [0, 0.1) is 0 Å². The lowest BCUT2D eigenvalue weighted by Gasteiger charge is -2.37. The summed E-state index contributed by atoms with van der Waals surface area (Å²) in [6, 6.07) is 21.5. The molecule has 3 aromatic rings. The molecule has 0 bridgehead atoms. The zero-order valence-electron chi connectivity index (χ0n) is 17.6. The van der Waals surface area contributed by atoms with Crippen LogP contribution in [0.3, 0.4) is 0 Å². The van der Waals surface area contributed by atoms with Crippen molar-refractivity contribution < 1.29 is 14.3 Å². The van der Waals surface area contributed by atoms with Gasteiger partial charge in [-0.25, -0.2) is 0 Å². The molecule has 1 amide bonds. The summed E-state index contributed by atoms with van der Waals surface area (Å²) >= 11 is 6.21. The smallest absolute Gasteiger partial charge is 0.238 e. The Morgan fingerprint density at radius 1 is 1.03 bits per heavy atom. The summed E-state index contributed by atoms with van der Waals surface area (Å²) in [4.78, 5) is 15.1. The SMILES string of the molecule is COc1cc2c(cc1OC)[C@H](c1ccccc1)N(CC(=O)Nc1ccccc1Cl)CC2. The van der Waals surface area contributed by atoms with Gasteiger partial charge in [0.15, 0.2) is 11.5 Å². The number of fused-ring (bicyclic) bond motifs is 1. The summed E-state index contributed by atoms with van der Waals surface area (Å²) in [6.45, 7) is 0.997. The zero-order valence-corrected chi connectivity index (χ0v) is 18.4. The molecule has 1 aliphatic heterocycles. The number of hydrogen-bond acceptors (Lipinski definition) is 4. The molecule has 1 N–H and O–H groups in total. The molecule has 1 atom stereocenters. The number of halogens is 1. The van der Waals surface area contributed by atoms with E-state index in [0.29, 0.717) is 16.5 Å². The molecule has 1 heterocycles. The van der Waals surface area contributed by atoms with Crippen LogP contribution in [0.4, 0.5) is 5.69 Å². The van der Waals surface area contributed by atoms with Crippen LogP contribution in [0.1, 0.15) is 22.7 Å². The van der Waals surface area contributed by atoms with Gasteiger partial charge in [-0.1, -0.05) is 54.1 Å². The summed E-state index contributed by atoms with van der Waals surface area (Å²) in [7, 11) is 3.28. The molecular weight excluding hydrogens is 412 g/mol. The zero-order chi connectivity index (χ0) is 21.8. The number of amides is 1. The van der Waals surface area contributed by atoms with Crippen LogP contribution in [0.2, 0.25) is 5.02 Å². The predicted octanol–water partition coefficient (Wildman–Crippen LogP) is 4.94. The van der Waals surface area contributed by atoms with Crippen LogP contribution in [-0.2, 0) is 11.2 Å². The molecule has 160 valence electrons. The molecule has 6 heteroatoms. The maximum Gasteiger partial charge on any atom is 0.238 e. The van der Waals surface area contributed by atoms with Gasteiger partial charge in [-0.05, 0) is 47.4 Å². The Morgan fingerprint density at radius 3 is 2.42 bits per heavy atom. The van der Waals surface area contributed by atoms with E-state index in [9.17, 15) is 4.79 Å². The molecule has 0 saturated heterocycles. The first kappa shape index (κ1) is 21.2. The Balaban J connectivity index is 1.66. The minimum absolute atomic E-state index is 0.0678. The van der Waals surface area contributed by atoms with Crippen molar-refractivity contribution in [2.45, 2.75) is 12.5 Å². The van der Waals surface area contributed by atoms with Crippen LogP contribution in [-0.4, -0.2) is 38.1 Å². The quantitative estimate of drug-likeness (QED) is 0.594. The van der Waals surface area contributed by atoms with E-state index < -0.39 is 0 Å². The van der Waals surface area contributed by atoms with E-state index in [2.05, 4.69) is 22.3 Å². The van der Waals surface area contributed by atoms with E-state index in [-0.39, 0.29) is 18.5 Å². The number of carbonyl (C=O) groups excluding carboxylic acids is 1. The number of benzene rings is 3. The third kappa shape index (κ3) is 4.53. The van der Waals surface area contributed by atoms with Gasteiger partial charge in [0.25, 0.3) is 0 Å². The lowest BCUT2D eigenvalue weighted by Crippen LogP contribution is -2.41. The normalized spacial score (nSPS) is 15.8. The first-order chi connectivity index (χ1) is 15.1. The third-order valence-corrected chi connectivity index (χ3v) is 5.91. The van der Waals surface area contributed by atoms with Crippen molar-refractivity contribution in [1.29, 1.82) is 0 Å². The Hall–Kier alpha value is -3.02. The average molecular weight is 437 g/mol. The van der Waals surface area contributed by atoms with Crippen LogP contribution in [0.5, 0.6) is 11.5 Å². The number of methoxy groups -OCH3 is 2. The molecule has 4 rings (SSSR count). The van der Waals surface area contributed by atoms with E-state index in [1.54, 1.807) is 26.4 Å². The number of rotatable bonds is 6. The highest BCUT2D eigenvalue weighted by atomic mass is 35.5. The van der Waals surface area contributed by atoms with Gasteiger partial charge in [-0.15, -0.1) is 0 Å². The van der Waals surface area contributed by atoms with E-state index >= 15 is 0 Å². The largest absolute Gasteiger partial charge is 0.493 e. The van der Waals surface area contributed by atoms with Crippen molar-refractivity contribution >= 4 is 23.2 Å². The fraction of sp³-hybridized carbons (Fsp3) is 0.240. The van der Waals surface area contributed by atoms with Gasteiger partial charge < -0.3 is 14.8 Å². The van der Waals surface area contributed by atoms with E-state index in [1.165, 1.54) is 5.56 Å². The predicted molar refractivity (Wildman–Crippen MR) is 123 cm³/mol. The van der Waals surface area contributed by atoms with Crippen molar-refractivity contribution in [3.8, 4) is 11.5 Å². The molecule has 1 aliphatic rings. The molecule has 0 spiro atoms. The average Bonchev–Trinajstić information content (AvgIpc) is 2.80. The molecule has 0 unspecified atom stereocenters. The van der Waals surface area contributed by atoms with E-state index in [0.717, 1.165) is 29.8 Å². The maximum atomic E-state index is 12.9. The summed E-state index contributed by atoms with van der Waals surface area (Å²) in [5, 5.41) is 3.46. The van der Waals surface area contributed by atoms with E-state index in [1.807, 2.05) is 42.5 Å². The van der Waals surface area contributed by atoms with Gasteiger partial charge in [-0.3, -0.25) is 9.69 Å². The highest BCUT2D eigenvalue weighted by Crippen LogP contribution is 2.40. The Morgan fingerprint density at radius 2 is 1.71 bits per heavy atom. The van der Waals surface area contributed by atoms with Crippen LogP contribution in [0.25, 0.3) is 0 Å². The van der Waals surface area contributed by atoms with Gasteiger partial charge in [-0.2, -0.15) is 0 Å². The number of para-hydroxylation sites is 1. The number of carbonyl (C=O) groups is 1. The van der Waals surface area contributed by atoms with Gasteiger partial charge in [0, 0.05) is 6.54 Å². The van der Waals surface area contributed by atoms with Gasteiger partial charge in [0.05, 0.1) is 37.5 Å². The second-order valence-electron chi connectivity index (χ2n) is 7.47. The van der Waals surface area contributed by atoms with Gasteiger partial charge in [0.2, 0.25) is 5.91 Å². The molecule has 0 fully saturated rings. The number of ether oxygens (including phenoxy) is 2. The molecule has 5 nitrogen and oxygen atoms in total. The number of nitrogens with one attached hydrogen (secondary N) is 1. The number of hydrogen-bond donors (Lipinski definition) is 1. The molecule has 0 radical (unpaired) electrons. The minimum atomic E-state index is -0.0991. The topological polar surface area (TPSA) is 50.8 Å². The molecule has 0 aromatic heterocycles. The van der Waals surface area contributed by atoms with Crippen LogP contribution < -0.4 is 14.8 Å². The van der Waals surface area contributed by atoms with Gasteiger partial charge in [0.1, 0.15) is 0 Å². The Bertz CT molecular complexity index is 1070. The summed E-state index contributed by atoms with van der Waals surface area (Å²) in [5.74, 6) is 1.31. The maximum absolute atomic E-state index is 12.9. The standard InChI is InChI=1S/C25H25ClN2O3/c1-30-22-14-18-12-13-28(16-24(29)27-21-11-7-6-10-20(21)26)25(17-8-4-3-5-9-17)19(18)15-23(22)31-2/h3-11,14-15,25H,12-13,16H2,1-2H3,(H,27,29)/t25-/m0/s1. The highest BCUT2D eigenvalue weighted by Gasteiger charge is 2.31. The Kier molecular flexibility index (Phi) is 6.44. The first-order valence-corrected chi connectivity index (χ1v) is 10.6. The molecule has 31 heavy (non-hydrogen) atoms. The number of nitrogens with zero attached hydrogens (tertiary/aromatic N) is 1.